The molecule has 1 aliphatic heterocycles. The molecule has 1 saturated heterocycles. The SMILES string of the molecule is Cc1ccc(S(=O)(=O)N2CC3CCCCC2(C)C3)cc1. The summed E-state index contributed by atoms with van der Waals surface area (Å²) in [6, 6.07) is 7.24. The van der Waals surface area contributed by atoms with Crippen molar-refractivity contribution >= 4 is 10.0 Å². The lowest BCUT2D eigenvalue weighted by atomic mass is 9.93. The summed E-state index contributed by atoms with van der Waals surface area (Å²) in [5.74, 6) is 0.544. The van der Waals surface area contributed by atoms with E-state index in [1.807, 2.05) is 19.1 Å². The van der Waals surface area contributed by atoms with Crippen molar-refractivity contribution in [1.82, 2.24) is 4.31 Å². The molecule has 20 heavy (non-hydrogen) atoms. The summed E-state index contributed by atoms with van der Waals surface area (Å²) in [5.41, 5.74) is 0.914. The van der Waals surface area contributed by atoms with Crippen molar-refractivity contribution in [2.24, 2.45) is 5.92 Å². The first kappa shape index (κ1) is 14.1. The molecule has 0 spiro atoms. The highest BCUT2D eigenvalue weighted by atomic mass is 32.2. The van der Waals surface area contributed by atoms with Crippen molar-refractivity contribution in [3.63, 3.8) is 0 Å². The molecule has 1 aliphatic carbocycles. The molecular formula is C16H23NO2S. The molecule has 0 amide bonds. The summed E-state index contributed by atoms with van der Waals surface area (Å²) in [6.07, 6.45) is 5.59. The van der Waals surface area contributed by atoms with E-state index in [1.54, 1.807) is 16.4 Å². The monoisotopic (exact) mass is 293 g/mol. The molecule has 0 N–H and O–H groups in total. The van der Waals surface area contributed by atoms with Crippen LogP contribution in [0.2, 0.25) is 0 Å². The fourth-order valence-electron chi connectivity index (χ4n) is 3.83. The van der Waals surface area contributed by atoms with Crippen LogP contribution in [-0.2, 0) is 10.0 Å². The fraction of sp³-hybridized carbons (Fsp3) is 0.625. The second kappa shape index (κ2) is 4.85. The first-order valence-electron chi connectivity index (χ1n) is 7.51. The standard InChI is InChI=1S/C16H23NO2S/c1-13-6-8-15(9-7-13)20(18,19)17-12-14-5-3-4-10-16(17,2)11-14/h6-9,14H,3-5,10-12H2,1-2H3. The first-order valence-corrected chi connectivity index (χ1v) is 8.95. The highest BCUT2D eigenvalue weighted by Gasteiger charge is 2.48. The number of hydrogen-bond acceptors (Lipinski definition) is 2. The van der Waals surface area contributed by atoms with E-state index >= 15 is 0 Å². The van der Waals surface area contributed by atoms with Gasteiger partial charge < -0.3 is 0 Å². The van der Waals surface area contributed by atoms with Crippen LogP contribution in [-0.4, -0.2) is 24.8 Å². The predicted octanol–water partition coefficient (Wildman–Crippen LogP) is 3.34. The third kappa shape index (κ3) is 2.29. The molecule has 3 nitrogen and oxygen atoms in total. The summed E-state index contributed by atoms with van der Waals surface area (Å²) < 4.78 is 27.6. The third-order valence-electron chi connectivity index (χ3n) is 4.94. The first-order chi connectivity index (χ1) is 9.42. The Balaban J connectivity index is 1.97. The molecule has 110 valence electrons. The van der Waals surface area contributed by atoms with Gasteiger partial charge in [0.2, 0.25) is 10.0 Å². The maximum atomic E-state index is 12.9. The van der Waals surface area contributed by atoms with Crippen LogP contribution < -0.4 is 0 Å². The fourth-order valence-corrected chi connectivity index (χ4v) is 5.72. The third-order valence-corrected chi connectivity index (χ3v) is 6.98. The maximum Gasteiger partial charge on any atom is 0.243 e. The topological polar surface area (TPSA) is 37.4 Å². The Kier molecular flexibility index (Phi) is 3.41. The normalized spacial score (nSPS) is 31.2. The van der Waals surface area contributed by atoms with Crippen LogP contribution in [0.25, 0.3) is 0 Å². The Morgan fingerprint density at radius 3 is 2.60 bits per heavy atom. The smallest absolute Gasteiger partial charge is 0.207 e. The van der Waals surface area contributed by atoms with Crippen molar-refractivity contribution in [3.05, 3.63) is 29.8 Å². The molecule has 0 radical (unpaired) electrons. The van der Waals surface area contributed by atoms with Crippen molar-refractivity contribution in [1.29, 1.82) is 0 Å². The van der Waals surface area contributed by atoms with Gasteiger partial charge in [0.25, 0.3) is 0 Å². The van der Waals surface area contributed by atoms with Crippen molar-refractivity contribution in [2.45, 2.75) is 56.4 Å². The van der Waals surface area contributed by atoms with E-state index in [0.717, 1.165) is 24.8 Å². The Hall–Kier alpha value is -0.870. The molecule has 2 unspecified atom stereocenters. The molecule has 2 atom stereocenters. The van der Waals surface area contributed by atoms with Gasteiger partial charge in [-0.2, -0.15) is 4.31 Å². The van der Waals surface area contributed by atoms with Gasteiger partial charge in [0.15, 0.2) is 0 Å². The van der Waals surface area contributed by atoms with Crippen LogP contribution in [0.4, 0.5) is 0 Å². The molecule has 4 heteroatoms. The van der Waals surface area contributed by atoms with E-state index in [1.165, 1.54) is 12.8 Å². The molecular weight excluding hydrogens is 270 g/mol. The van der Waals surface area contributed by atoms with Crippen LogP contribution in [0.5, 0.6) is 0 Å². The average molecular weight is 293 g/mol. The van der Waals surface area contributed by atoms with Crippen molar-refractivity contribution in [2.75, 3.05) is 6.54 Å². The molecule has 1 aromatic rings. The van der Waals surface area contributed by atoms with E-state index in [-0.39, 0.29) is 5.54 Å². The van der Waals surface area contributed by atoms with Gasteiger partial charge in [0, 0.05) is 12.1 Å². The van der Waals surface area contributed by atoms with Gasteiger partial charge in [-0.15, -0.1) is 0 Å². The molecule has 0 aromatic heterocycles. The van der Waals surface area contributed by atoms with Crippen LogP contribution in [0.1, 0.15) is 44.6 Å². The van der Waals surface area contributed by atoms with Crippen molar-refractivity contribution < 1.29 is 8.42 Å². The van der Waals surface area contributed by atoms with Crippen LogP contribution in [0.3, 0.4) is 0 Å². The maximum absolute atomic E-state index is 12.9. The Bertz CT molecular complexity index is 593. The van der Waals surface area contributed by atoms with E-state index in [9.17, 15) is 8.42 Å². The zero-order chi connectivity index (χ0) is 14.4. The minimum absolute atomic E-state index is 0.176. The predicted molar refractivity (Wildman–Crippen MR) is 80.1 cm³/mol. The summed E-state index contributed by atoms with van der Waals surface area (Å²) >= 11 is 0. The lowest BCUT2D eigenvalue weighted by Crippen LogP contribution is -2.45. The number of hydrogen-bond donors (Lipinski definition) is 0. The number of nitrogens with zero attached hydrogens (tertiary/aromatic N) is 1. The van der Waals surface area contributed by atoms with Gasteiger partial charge in [-0.3, -0.25) is 0 Å². The molecule has 1 aromatic carbocycles. The zero-order valence-electron chi connectivity index (χ0n) is 12.3. The molecule has 2 aliphatic rings. The summed E-state index contributed by atoms with van der Waals surface area (Å²) in [6.45, 7) is 4.81. The number of aryl methyl sites for hydroxylation is 1. The van der Waals surface area contributed by atoms with Gasteiger partial charge in [0.1, 0.15) is 0 Å². The number of fused-ring (bicyclic) bond motifs is 2. The lowest BCUT2D eigenvalue weighted by molar-refractivity contribution is 0.241. The number of sulfonamides is 1. The molecule has 3 rings (SSSR count). The summed E-state index contributed by atoms with van der Waals surface area (Å²) in [4.78, 5) is 0.440. The quantitative estimate of drug-likeness (QED) is 0.838. The second-order valence-electron chi connectivity index (χ2n) is 6.66. The zero-order valence-corrected chi connectivity index (χ0v) is 13.1. The molecule has 1 heterocycles. The van der Waals surface area contributed by atoms with Crippen LogP contribution in [0.15, 0.2) is 29.2 Å². The van der Waals surface area contributed by atoms with Gasteiger partial charge in [-0.25, -0.2) is 8.42 Å². The number of benzene rings is 1. The lowest BCUT2D eigenvalue weighted by Gasteiger charge is -2.34. The van der Waals surface area contributed by atoms with Crippen LogP contribution in [0, 0.1) is 12.8 Å². The Labute approximate surface area is 122 Å². The molecule has 2 fully saturated rings. The second-order valence-corrected chi connectivity index (χ2v) is 8.52. The van der Waals surface area contributed by atoms with Crippen LogP contribution >= 0.6 is 0 Å². The van der Waals surface area contributed by atoms with Gasteiger partial charge >= 0.3 is 0 Å². The average Bonchev–Trinajstić information content (AvgIpc) is 2.60. The molecule has 2 bridgehead atoms. The van der Waals surface area contributed by atoms with Crippen molar-refractivity contribution in [3.8, 4) is 0 Å². The highest BCUT2D eigenvalue weighted by molar-refractivity contribution is 7.89. The van der Waals surface area contributed by atoms with E-state index in [0.29, 0.717) is 17.4 Å². The van der Waals surface area contributed by atoms with Gasteiger partial charge in [-0.1, -0.05) is 30.5 Å². The van der Waals surface area contributed by atoms with E-state index in [2.05, 4.69) is 6.92 Å². The summed E-state index contributed by atoms with van der Waals surface area (Å²) in [5, 5.41) is 0. The molecule has 1 saturated carbocycles. The highest BCUT2D eigenvalue weighted by Crippen LogP contribution is 2.44. The largest absolute Gasteiger partial charge is 0.243 e. The summed E-state index contributed by atoms with van der Waals surface area (Å²) in [7, 11) is -3.35. The van der Waals surface area contributed by atoms with Gasteiger partial charge in [-0.05, 0) is 51.2 Å². The minimum Gasteiger partial charge on any atom is -0.207 e. The van der Waals surface area contributed by atoms with E-state index < -0.39 is 10.0 Å². The Morgan fingerprint density at radius 2 is 1.90 bits per heavy atom. The van der Waals surface area contributed by atoms with Gasteiger partial charge in [0.05, 0.1) is 4.90 Å². The minimum atomic E-state index is -3.35. The number of rotatable bonds is 2. The Morgan fingerprint density at radius 1 is 1.20 bits per heavy atom. The van der Waals surface area contributed by atoms with E-state index in [4.69, 9.17) is 0 Å².